The zero-order valence-corrected chi connectivity index (χ0v) is 26.5. The zero-order chi connectivity index (χ0) is 31.9. The standard InChI is InChI=1S/C48H32/c1-2-6-33(7-3-1)40-20-24-46-30-42(21-25-45(46)29-40)37-14-16-38(17-15-37)44-23-27-47-31-43(22-26-48(47)32-44)36-12-10-35(11-13-36)41-19-18-34-8-4-5-9-39(34)28-41/h1-32H. The second-order valence-electron chi connectivity index (χ2n) is 12.6. The molecule has 0 spiro atoms. The van der Waals surface area contributed by atoms with E-state index in [9.17, 15) is 0 Å². The van der Waals surface area contributed by atoms with E-state index in [-0.39, 0.29) is 0 Å². The Morgan fingerprint density at radius 2 is 0.375 bits per heavy atom. The van der Waals surface area contributed by atoms with Crippen molar-refractivity contribution in [3.63, 3.8) is 0 Å². The van der Waals surface area contributed by atoms with Gasteiger partial charge in [-0.1, -0.05) is 164 Å². The number of hydrogen-bond donors (Lipinski definition) is 0. The van der Waals surface area contributed by atoms with E-state index in [4.69, 9.17) is 0 Å². The fourth-order valence-electron chi connectivity index (χ4n) is 6.92. The molecule has 0 saturated heterocycles. The van der Waals surface area contributed by atoms with Gasteiger partial charge in [0, 0.05) is 0 Å². The summed E-state index contributed by atoms with van der Waals surface area (Å²) in [6.45, 7) is 0. The van der Waals surface area contributed by atoms with Gasteiger partial charge in [0.15, 0.2) is 0 Å². The largest absolute Gasteiger partial charge is 0.0622 e. The quantitative estimate of drug-likeness (QED) is 0.182. The van der Waals surface area contributed by atoms with E-state index in [0.717, 1.165) is 0 Å². The SMILES string of the molecule is c1ccc(-c2ccc3cc(-c4ccc(-c5ccc6cc(-c7ccc(-c8ccc9ccccc9c8)cc7)ccc6c5)cc4)ccc3c2)cc1. The molecule has 0 nitrogen and oxygen atoms in total. The fraction of sp³-hybridized carbons (Fsp3) is 0. The summed E-state index contributed by atoms with van der Waals surface area (Å²) in [6, 6.07) is 70.8. The maximum Gasteiger partial charge on any atom is -0.0177 e. The van der Waals surface area contributed by atoms with Crippen molar-refractivity contribution in [2.45, 2.75) is 0 Å². The van der Waals surface area contributed by atoms with Crippen LogP contribution in [-0.4, -0.2) is 0 Å². The van der Waals surface area contributed by atoms with Crippen molar-refractivity contribution in [3.8, 4) is 55.6 Å². The second-order valence-corrected chi connectivity index (χ2v) is 12.6. The Kier molecular flexibility index (Phi) is 6.91. The minimum atomic E-state index is 1.22. The van der Waals surface area contributed by atoms with Crippen molar-refractivity contribution in [2.24, 2.45) is 0 Å². The molecular weight excluding hydrogens is 577 g/mol. The van der Waals surface area contributed by atoms with Gasteiger partial charge in [-0.25, -0.2) is 0 Å². The van der Waals surface area contributed by atoms with E-state index in [1.807, 2.05) is 0 Å². The predicted octanol–water partition coefficient (Wildman–Crippen LogP) is 13.5. The van der Waals surface area contributed by atoms with Gasteiger partial charge in [0.05, 0.1) is 0 Å². The van der Waals surface area contributed by atoms with E-state index in [2.05, 4.69) is 194 Å². The maximum absolute atomic E-state index is 2.30. The van der Waals surface area contributed by atoms with Gasteiger partial charge in [0.2, 0.25) is 0 Å². The summed E-state index contributed by atoms with van der Waals surface area (Å²) >= 11 is 0. The lowest BCUT2D eigenvalue weighted by atomic mass is 9.95. The van der Waals surface area contributed by atoms with Crippen LogP contribution in [0.25, 0.3) is 88.0 Å². The minimum Gasteiger partial charge on any atom is -0.0622 e. The lowest BCUT2D eigenvalue weighted by molar-refractivity contribution is 1.60. The number of benzene rings is 9. The lowest BCUT2D eigenvalue weighted by Gasteiger charge is -2.10. The van der Waals surface area contributed by atoms with Crippen molar-refractivity contribution in [1.82, 2.24) is 0 Å². The molecule has 224 valence electrons. The first-order valence-corrected chi connectivity index (χ1v) is 16.6. The molecule has 48 heavy (non-hydrogen) atoms. The second kappa shape index (κ2) is 11.8. The van der Waals surface area contributed by atoms with Crippen molar-refractivity contribution >= 4 is 32.3 Å². The molecule has 0 heteroatoms. The van der Waals surface area contributed by atoms with Crippen molar-refractivity contribution < 1.29 is 0 Å². The molecule has 0 aliphatic heterocycles. The molecule has 0 unspecified atom stereocenters. The summed E-state index contributed by atoms with van der Waals surface area (Å²) in [6.07, 6.45) is 0. The summed E-state index contributed by atoms with van der Waals surface area (Å²) in [5.74, 6) is 0. The highest BCUT2D eigenvalue weighted by Crippen LogP contribution is 2.33. The van der Waals surface area contributed by atoms with Gasteiger partial charge >= 0.3 is 0 Å². The van der Waals surface area contributed by atoms with Crippen LogP contribution in [0.3, 0.4) is 0 Å². The lowest BCUT2D eigenvalue weighted by Crippen LogP contribution is -1.84. The number of rotatable bonds is 5. The molecule has 0 atom stereocenters. The van der Waals surface area contributed by atoms with Gasteiger partial charge in [-0.3, -0.25) is 0 Å². The molecule has 0 radical (unpaired) electrons. The van der Waals surface area contributed by atoms with E-state index in [1.165, 1.54) is 88.0 Å². The van der Waals surface area contributed by atoms with Gasteiger partial charge in [-0.2, -0.15) is 0 Å². The first-order chi connectivity index (χ1) is 23.7. The average molecular weight is 609 g/mol. The van der Waals surface area contributed by atoms with Crippen LogP contribution in [0.2, 0.25) is 0 Å². The van der Waals surface area contributed by atoms with Crippen LogP contribution in [0.1, 0.15) is 0 Å². The third-order valence-corrected chi connectivity index (χ3v) is 9.64. The summed E-state index contributed by atoms with van der Waals surface area (Å²) < 4.78 is 0. The smallest absolute Gasteiger partial charge is 0.0177 e. The third kappa shape index (κ3) is 5.34. The molecule has 0 bridgehead atoms. The van der Waals surface area contributed by atoms with Gasteiger partial charge in [0.1, 0.15) is 0 Å². The normalized spacial score (nSPS) is 11.3. The molecule has 0 fully saturated rings. The Hall–Kier alpha value is -6.24. The van der Waals surface area contributed by atoms with Crippen LogP contribution in [0.4, 0.5) is 0 Å². The molecule has 9 aromatic carbocycles. The van der Waals surface area contributed by atoms with Crippen molar-refractivity contribution in [3.05, 3.63) is 194 Å². The highest BCUT2D eigenvalue weighted by Gasteiger charge is 2.07. The summed E-state index contributed by atoms with van der Waals surface area (Å²) in [5.41, 5.74) is 12.4. The molecular formula is C48H32. The molecule has 0 amide bonds. The van der Waals surface area contributed by atoms with Crippen LogP contribution in [-0.2, 0) is 0 Å². The highest BCUT2D eigenvalue weighted by atomic mass is 14.1. The monoisotopic (exact) mass is 608 g/mol. The molecule has 9 aromatic rings. The highest BCUT2D eigenvalue weighted by molar-refractivity contribution is 5.93. The topological polar surface area (TPSA) is 0 Å². The first kappa shape index (κ1) is 28.0. The Morgan fingerprint density at radius 3 is 0.729 bits per heavy atom. The van der Waals surface area contributed by atoms with Crippen LogP contribution < -0.4 is 0 Å². The van der Waals surface area contributed by atoms with Crippen molar-refractivity contribution in [1.29, 1.82) is 0 Å². The molecule has 9 rings (SSSR count). The molecule has 0 aliphatic carbocycles. The Morgan fingerprint density at radius 1 is 0.146 bits per heavy atom. The van der Waals surface area contributed by atoms with Crippen LogP contribution >= 0.6 is 0 Å². The number of hydrogen-bond acceptors (Lipinski definition) is 0. The molecule has 0 aromatic heterocycles. The minimum absolute atomic E-state index is 1.22. The van der Waals surface area contributed by atoms with Gasteiger partial charge in [-0.15, -0.1) is 0 Å². The van der Waals surface area contributed by atoms with E-state index in [1.54, 1.807) is 0 Å². The molecule has 0 heterocycles. The summed E-state index contributed by atoms with van der Waals surface area (Å²) in [7, 11) is 0. The average Bonchev–Trinajstić information content (AvgIpc) is 3.17. The van der Waals surface area contributed by atoms with Crippen LogP contribution in [0.15, 0.2) is 194 Å². The molecule has 0 aliphatic rings. The van der Waals surface area contributed by atoms with Gasteiger partial charge < -0.3 is 0 Å². The van der Waals surface area contributed by atoms with Gasteiger partial charge in [0.25, 0.3) is 0 Å². The van der Waals surface area contributed by atoms with E-state index < -0.39 is 0 Å². The zero-order valence-electron chi connectivity index (χ0n) is 26.5. The van der Waals surface area contributed by atoms with E-state index >= 15 is 0 Å². The third-order valence-electron chi connectivity index (χ3n) is 9.64. The predicted molar refractivity (Wildman–Crippen MR) is 206 cm³/mol. The van der Waals surface area contributed by atoms with Gasteiger partial charge in [-0.05, 0) is 118 Å². The van der Waals surface area contributed by atoms with Crippen LogP contribution in [0.5, 0.6) is 0 Å². The molecule has 0 N–H and O–H groups in total. The fourth-order valence-corrected chi connectivity index (χ4v) is 6.92. The first-order valence-electron chi connectivity index (χ1n) is 16.6. The number of fused-ring (bicyclic) bond motifs is 3. The summed E-state index contributed by atoms with van der Waals surface area (Å²) in [4.78, 5) is 0. The summed E-state index contributed by atoms with van der Waals surface area (Å²) in [5, 5.41) is 7.55. The maximum atomic E-state index is 2.30. The Bertz CT molecular complexity index is 2570. The molecule has 0 saturated carbocycles. The van der Waals surface area contributed by atoms with Crippen LogP contribution in [0, 0.1) is 0 Å². The Balaban J connectivity index is 0.937. The van der Waals surface area contributed by atoms with E-state index in [0.29, 0.717) is 0 Å². The Labute approximate surface area is 281 Å². The van der Waals surface area contributed by atoms with Crippen molar-refractivity contribution in [2.75, 3.05) is 0 Å².